The summed E-state index contributed by atoms with van der Waals surface area (Å²) in [6, 6.07) is 10.0. The SMILES string of the molecule is O=S(=O)(N/N=C/c1ccccc1F)c1ccc(F)cc1. The first kappa shape index (κ1) is 14.1. The molecule has 2 aromatic rings. The van der Waals surface area contributed by atoms with Gasteiger partial charge >= 0.3 is 0 Å². The molecule has 7 heteroatoms. The molecule has 0 aliphatic rings. The zero-order chi connectivity index (χ0) is 14.6. The predicted octanol–water partition coefficient (Wildman–Crippen LogP) is 2.28. The highest BCUT2D eigenvalue weighted by Crippen LogP contribution is 2.09. The summed E-state index contributed by atoms with van der Waals surface area (Å²) >= 11 is 0. The lowest BCUT2D eigenvalue weighted by molar-refractivity contribution is 0.583. The highest BCUT2D eigenvalue weighted by Gasteiger charge is 2.12. The van der Waals surface area contributed by atoms with Crippen molar-refractivity contribution < 1.29 is 17.2 Å². The zero-order valence-electron chi connectivity index (χ0n) is 10.1. The molecule has 2 rings (SSSR count). The lowest BCUT2D eigenvalue weighted by atomic mass is 10.2. The Hall–Kier alpha value is -2.28. The summed E-state index contributed by atoms with van der Waals surface area (Å²) in [5, 5.41) is 3.48. The Morgan fingerprint density at radius 1 is 1.00 bits per heavy atom. The Balaban J connectivity index is 2.14. The standard InChI is InChI=1S/C13H10F2N2O2S/c14-11-5-7-12(8-6-11)20(18,19)17-16-9-10-3-1-2-4-13(10)15/h1-9,17H/b16-9+. The molecule has 0 aliphatic heterocycles. The Kier molecular flexibility index (Phi) is 4.09. The van der Waals surface area contributed by atoms with E-state index in [0.29, 0.717) is 0 Å². The predicted molar refractivity (Wildman–Crippen MR) is 70.7 cm³/mol. The van der Waals surface area contributed by atoms with Crippen molar-refractivity contribution in [1.82, 2.24) is 4.83 Å². The van der Waals surface area contributed by atoms with Gasteiger partial charge in [-0.15, -0.1) is 0 Å². The van der Waals surface area contributed by atoms with Crippen molar-refractivity contribution in [2.75, 3.05) is 0 Å². The van der Waals surface area contributed by atoms with E-state index in [1.807, 2.05) is 4.83 Å². The molecule has 0 atom stereocenters. The van der Waals surface area contributed by atoms with Crippen LogP contribution in [-0.2, 0) is 10.0 Å². The summed E-state index contributed by atoms with van der Waals surface area (Å²) in [6.07, 6.45) is 1.05. The van der Waals surface area contributed by atoms with Crippen LogP contribution in [-0.4, -0.2) is 14.6 Å². The van der Waals surface area contributed by atoms with E-state index in [-0.39, 0.29) is 10.5 Å². The molecule has 0 radical (unpaired) electrons. The van der Waals surface area contributed by atoms with Crippen LogP contribution in [0.1, 0.15) is 5.56 Å². The van der Waals surface area contributed by atoms with Crippen LogP contribution in [0.3, 0.4) is 0 Å². The third kappa shape index (κ3) is 3.39. The van der Waals surface area contributed by atoms with E-state index in [2.05, 4.69) is 5.10 Å². The second kappa shape index (κ2) is 5.79. The van der Waals surface area contributed by atoms with Crippen LogP contribution in [0.25, 0.3) is 0 Å². The van der Waals surface area contributed by atoms with Gasteiger partial charge in [0.15, 0.2) is 0 Å². The third-order valence-electron chi connectivity index (χ3n) is 2.41. The first-order valence-corrected chi connectivity index (χ1v) is 7.02. The molecular weight excluding hydrogens is 286 g/mol. The zero-order valence-corrected chi connectivity index (χ0v) is 10.9. The maximum atomic E-state index is 13.3. The highest BCUT2D eigenvalue weighted by atomic mass is 32.2. The summed E-state index contributed by atoms with van der Waals surface area (Å²) in [6.45, 7) is 0. The fourth-order valence-electron chi connectivity index (χ4n) is 1.41. The van der Waals surface area contributed by atoms with Gasteiger partial charge in [0, 0.05) is 5.56 Å². The Bertz CT molecular complexity index is 728. The van der Waals surface area contributed by atoms with Gasteiger partial charge in [0.2, 0.25) is 0 Å². The maximum Gasteiger partial charge on any atom is 0.276 e. The molecule has 20 heavy (non-hydrogen) atoms. The van der Waals surface area contributed by atoms with Crippen molar-refractivity contribution in [2.24, 2.45) is 5.10 Å². The number of nitrogens with one attached hydrogen (secondary N) is 1. The van der Waals surface area contributed by atoms with Gasteiger partial charge in [-0.05, 0) is 30.3 Å². The first-order valence-electron chi connectivity index (χ1n) is 5.54. The largest absolute Gasteiger partial charge is 0.276 e. The van der Waals surface area contributed by atoms with E-state index >= 15 is 0 Å². The molecular formula is C13H10F2N2O2S. The number of hydrogen-bond acceptors (Lipinski definition) is 3. The van der Waals surface area contributed by atoms with Gasteiger partial charge < -0.3 is 0 Å². The van der Waals surface area contributed by atoms with Gasteiger partial charge in [-0.25, -0.2) is 13.6 Å². The molecule has 0 heterocycles. The van der Waals surface area contributed by atoms with Crippen molar-refractivity contribution in [1.29, 1.82) is 0 Å². The van der Waals surface area contributed by atoms with Crippen LogP contribution in [0, 0.1) is 11.6 Å². The molecule has 0 saturated heterocycles. The Labute approximate surface area is 114 Å². The van der Waals surface area contributed by atoms with Crippen molar-refractivity contribution in [3.8, 4) is 0 Å². The van der Waals surface area contributed by atoms with Gasteiger partial charge in [0.25, 0.3) is 10.0 Å². The van der Waals surface area contributed by atoms with E-state index < -0.39 is 21.7 Å². The molecule has 0 amide bonds. The molecule has 2 aromatic carbocycles. The Morgan fingerprint density at radius 2 is 1.65 bits per heavy atom. The quantitative estimate of drug-likeness (QED) is 0.695. The fourth-order valence-corrected chi connectivity index (χ4v) is 2.20. The van der Waals surface area contributed by atoms with Crippen LogP contribution < -0.4 is 4.83 Å². The van der Waals surface area contributed by atoms with E-state index in [4.69, 9.17) is 0 Å². The molecule has 0 unspecified atom stereocenters. The summed E-state index contributed by atoms with van der Waals surface area (Å²) < 4.78 is 49.5. The molecule has 0 aromatic heterocycles. The number of hydrazone groups is 1. The van der Waals surface area contributed by atoms with Crippen LogP contribution in [0.2, 0.25) is 0 Å². The summed E-state index contributed by atoms with van der Waals surface area (Å²) in [7, 11) is -3.90. The molecule has 104 valence electrons. The van der Waals surface area contributed by atoms with Gasteiger partial charge in [-0.3, -0.25) is 0 Å². The number of hydrogen-bond donors (Lipinski definition) is 1. The summed E-state index contributed by atoms with van der Waals surface area (Å²) in [5.74, 6) is -1.06. The number of halogens is 2. The second-order valence-electron chi connectivity index (χ2n) is 3.83. The van der Waals surface area contributed by atoms with Crippen molar-refractivity contribution >= 4 is 16.2 Å². The van der Waals surface area contributed by atoms with E-state index in [9.17, 15) is 17.2 Å². The van der Waals surface area contributed by atoms with Gasteiger partial charge in [0.1, 0.15) is 11.6 Å². The van der Waals surface area contributed by atoms with Crippen molar-refractivity contribution in [3.63, 3.8) is 0 Å². The minimum atomic E-state index is -3.90. The number of rotatable bonds is 4. The lowest BCUT2D eigenvalue weighted by Crippen LogP contribution is -2.18. The highest BCUT2D eigenvalue weighted by molar-refractivity contribution is 7.89. The molecule has 1 N–H and O–H groups in total. The fraction of sp³-hybridized carbons (Fsp3) is 0. The van der Waals surface area contributed by atoms with Gasteiger partial charge in [-0.1, -0.05) is 18.2 Å². The average Bonchev–Trinajstić information content (AvgIpc) is 2.41. The number of benzene rings is 2. The van der Waals surface area contributed by atoms with Gasteiger partial charge in [-0.2, -0.15) is 13.5 Å². The molecule has 0 aliphatic carbocycles. The first-order chi connectivity index (χ1) is 9.49. The van der Waals surface area contributed by atoms with E-state index in [1.54, 1.807) is 6.07 Å². The maximum absolute atomic E-state index is 13.3. The molecule has 0 bridgehead atoms. The smallest absolute Gasteiger partial charge is 0.207 e. The molecule has 4 nitrogen and oxygen atoms in total. The minimum absolute atomic E-state index is 0.135. The lowest BCUT2D eigenvalue weighted by Gasteiger charge is -2.02. The normalized spacial score (nSPS) is 11.7. The van der Waals surface area contributed by atoms with E-state index in [0.717, 1.165) is 30.5 Å². The number of sulfonamides is 1. The third-order valence-corrected chi connectivity index (χ3v) is 3.64. The Morgan fingerprint density at radius 3 is 2.30 bits per heavy atom. The number of nitrogens with zero attached hydrogens (tertiary/aromatic N) is 1. The van der Waals surface area contributed by atoms with Crippen LogP contribution in [0.15, 0.2) is 58.5 Å². The van der Waals surface area contributed by atoms with Crippen molar-refractivity contribution in [2.45, 2.75) is 4.90 Å². The molecule has 0 fully saturated rings. The minimum Gasteiger partial charge on any atom is -0.207 e. The van der Waals surface area contributed by atoms with Crippen LogP contribution in [0.5, 0.6) is 0 Å². The average molecular weight is 296 g/mol. The monoisotopic (exact) mass is 296 g/mol. The summed E-state index contributed by atoms with van der Waals surface area (Å²) in [4.78, 5) is 1.79. The molecule has 0 saturated carbocycles. The van der Waals surface area contributed by atoms with Crippen LogP contribution >= 0.6 is 0 Å². The summed E-state index contributed by atoms with van der Waals surface area (Å²) in [5.41, 5.74) is 0.148. The van der Waals surface area contributed by atoms with Gasteiger partial charge in [0.05, 0.1) is 11.1 Å². The molecule has 0 spiro atoms. The topological polar surface area (TPSA) is 58.5 Å². The van der Waals surface area contributed by atoms with Crippen LogP contribution in [0.4, 0.5) is 8.78 Å². The van der Waals surface area contributed by atoms with Crippen molar-refractivity contribution in [3.05, 3.63) is 65.7 Å². The van der Waals surface area contributed by atoms with E-state index in [1.165, 1.54) is 18.2 Å². The second-order valence-corrected chi connectivity index (χ2v) is 5.49.